The molecule has 2 aromatic carbocycles. The van der Waals surface area contributed by atoms with Gasteiger partial charge in [0.25, 0.3) is 0 Å². The van der Waals surface area contributed by atoms with Gasteiger partial charge in [-0.15, -0.1) is 0 Å². The lowest BCUT2D eigenvalue weighted by Gasteiger charge is -2.21. The number of hydrogen-bond donors (Lipinski definition) is 1. The molecule has 0 aliphatic rings. The minimum Gasteiger partial charge on any atom is -0.369 e. The van der Waals surface area contributed by atoms with Crippen molar-refractivity contribution in [1.82, 2.24) is 4.31 Å². The van der Waals surface area contributed by atoms with Gasteiger partial charge in [0.15, 0.2) is 0 Å². The lowest BCUT2D eigenvalue weighted by Crippen LogP contribution is -2.39. The van der Waals surface area contributed by atoms with Gasteiger partial charge in [0.05, 0.1) is 11.4 Å². The monoisotopic (exact) mass is 332 g/mol. The highest BCUT2D eigenvalue weighted by Crippen LogP contribution is 2.17. The van der Waals surface area contributed by atoms with Crippen LogP contribution in [-0.2, 0) is 21.2 Å². The minimum absolute atomic E-state index is 0.164. The van der Waals surface area contributed by atoms with E-state index in [-0.39, 0.29) is 18.0 Å². The zero-order chi connectivity index (χ0) is 16.9. The molecule has 2 aromatic rings. The molecule has 2 rings (SSSR count). The quantitative estimate of drug-likeness (QED) is 0.838. The van der Waals surface area contributed by atoms with Crippen molar-refractivity contribution in [2.75, 3.05) is 13.1 Å². The van der Waals surface area contributed by atoms with Crippen molar-refractivity contribution in [3.63, 3.8) is 0 Å². The number of nitrogens with two attached hydrogens (primary N) is 1. The Labute approximate surface area is 136 Å². The molecule has 122 valence electrons. The number of primary amides is 1. The first-order valence-electron chi connectivity index (χ1n) is 7.28. The van der Waals surface area contributed by atoms with Crippen molar-refractivity contribution in [2.45, 2.75) is 18.2 Å². The van der Waals surface area contributed by atoms with Gasteiger partial charge in [-0.2, -0.15) is 4.31 Å². The maximum atomic E-state index is 12.7. The summed E-state index contributed by atoms with van der Waals surface area (Å²) in [4.78, 5) is 11.4. The van der Waals surface area contributed by atoms with Crippen LogP contribution in [0.1, 0.15) is 11.1 Å². The second kappa shape index (κ2) is 7.39. The molecular formula is C17H20N2O3S. The van der Waals surface area contributed by atoms with Gasteiger partial charge in [-0.3, -0.25) is 4.79 Å². The van der Waals surface area contributed by atoms with E-state index in [1.54, 1.807) is 24.3 Å². The molecule has 2 N–H and O–H groups in total. The number of sulfonamides is 1. The first-order valence-corrected chi connectivity index (χ1v) is 8.72. The van der Waals surface area contributed by atoms with E-state index in [0.717, 1.165) is 15.4 Å². The second-order valence-electron chi connectivity index (χ2n) is 5.35. The predicted molar refractivity (Wildman–Crippen MR) is 89.3 cm³/mol. The van der Waals surface area contributed by atoms with Gasteiger partial charge in [0.1, 0.15) is 0 Å². The van der Waals surface area contributed by atoms with Crippen LogP contribution in [0.3, 0.4) is 0 Å². The molecule has 0 saturated carbocycles. The molecule has 0 fully saturated rings. The number of carbonyl (C=O) groups is 1. The standard InChI is InChI=1S/C17H20N2O3S/c1-14-7-9-16(10-8-14)23(21,22)19(13-17(18)20)12-11-15-5-3-2-4-6-15/h2-10H,11-13H2,1H3,(H2,18,20). The molecule has 0 aliphatic heterocycles. The summed E-state index contributed by atoms with van der Waals surface area (Å²) in [6, 6.07) is 16.1. The fourth-order valence-corrected chi connectivity index (χ4v) is 3.62. The molecule has 0 aliphatic carbocycles. The molecule has 0 radical (unpaired) electrons. The lowest BCUT2D eigenvalue weighted by molar-refractivity contribution is -0.118. The van der Waals surface area contributed by atoms with E-state index in [9.17, 15) is 13.2 Å². The Balaban J connectivity index is 2.22. The van der Waals surface area contributed by atoms with Gasteiger partial charge in [-0.1, -0.05) is 48.0 Å². The molecular weight excluding hydrogens is 312 g/mol. The molecule has 1 amide bonds. The second-order valence-corrected chi connectivity index (χ2v) is 7.29. The van der Waals surface area contributed by atoms with Crippen molar-refractivity contribution in [3.05, 3.63) is 65.7 Å². The number of amides is 1. The summed E-state index contributed by atoms with van der Waals surface area (Å²) in [6.45, 7) is 1.75. The zero-order valence-corrected chi connectivity index (χ0v) is 13.8. The van der Waals surface area contributed by atoms with Gasteiger partial charge in [0.2, 0.25) is 15.9 Å². The van der Waals surface area contributed by atoms with Gasteiger partial charge in [-0.05, 0) is 31.0 Å². The molecule has 23 heavy (non-hydrogen) atoms. The maximum absolute atomic E-state index is 12.7. The number of nitrogens with zero attached hydrogens (tertiary/aromatic N) is 1. The third-order valence-electron chi connectivity index (χ3n) is 3.48. The summed E-state index contributed by atoms with van der Waals surface area (Å²) in [5.74, 6) is -0.672. The van der Waals surface area contributed by atoms with Crippen LogP contribution in [0.5, 0.6) is 0 Å². The lowest BCUT2D eigenvalue weighted by atomic mass is 10.1. The Morgan fingerprint density at radius 3 is 2.22 bits per heavy atom. The van der Waals surface area contributed by atoms with E-state index < -0.39 is 15.9 Å². The number of benzene rings is 2. The van der Waals surface area contributed by atoms with E-state index in [1.165, 1.54) is 0 Å². The van der Waals surface area contributed by atoms with Crippen LogP contribution in [0.25, 0.3) is 0 Å². The molecule has 0 heterocycles. The summed E-state index contributed by atoms with van der Waals surface area (Å²) in [5, 5.41) is 0. The van der Waals surface area contributed by atoms with Crippen molar-refractivity contribution in [2.24, 2.45) is 5.73 Å². The van der Waals surface area contributed by atoms with Crippen LogP contribution in [0.4, 0.5) is 0 Å². The van der Waals surface area contributed by atoms with Crippen LogP contribution in [0, 0.1) is 6.92 Å². The Hall–Kier alpha value is -2.18. The van der Waals surface area contributed by atoms with Crippen LogP contribution in [0.15, 0.2) is 59.5 Å². The van der Waals surface area contributed by atoms with Crippen molar-refractivity contribution in [3.8, 4) is 0 Å². The fraction of sp³-hybridized carbons (Fsp3) is 0.235. The van der Waals surface area contributed by atoms with Gasteiger partial charge in [0, 0.05) is 6.54 Å². The number of carbonyl (C=O) groups excluding carboxylic acids is 1. The van der Waals surface area contributed by atoms with Gasteiger partial charge >= 0.3 is 0 Å². The van der Waals surface area contributed by atoms with Crippen molar-refractivity contribution in [1.29, 1.82) is 0 Å². The molecule has 0 bridgehead atoms. The predicted octanol–water partition coefficient (Wildman–Crippen LogP) is 1.71. The van der Waals surface area contributed by atoms with Crippen LogP contribution in [0.2, 0.25) is 0 Å². The van der Waals surface area contributed by atoms with E-state index in [4.69, 9.17) is 5.73 Å². The average Bonchev–Trinajstić information content (AvgIpc) is 2.52. The highest BCUT2D eigenvalue weighted by Gasteiger charge is 2.25. The van der Waals surface area contributed by atoms with E-state index in [1.807, 2.05) is 37.3 Å². The maximum Gasteiger partial charge on any atom is 0.243 e. The summed E-state index contributed by atoms with van der Waals surface area (Å²) in [6.07, 6.45) is 0.513. The molecule has 0 spiro atoms. The number of hydrogen-bond acceptors (Lipinski definition) is 3. The summed E-state index contributed by atoms with van der Waals surface area (Å²) in [7, 11) is -3.75. The number of aryl methyl sites for hydroxylation is 1. The third-order valence-corrected chi connectivity index (χ3v) is 5.34. The topological polar surface area (TPSA) is 80.5 Å². The molecule has 0 saturated heterocycles. The first kappa shape index (κ1) is 17.2. The molecule has 0 unspecified atom stereocenters. The third kappa shape index (κ3) is 4.64. The van der Waals surface area contributed by atoms with Crippen LogP contribution in [-0.4, -0.2) is 31.7 Å². The summed E-state index contributed by atoms with van der Waals surface area (Å²) >= 11 is 0. The van der Waals surface area contributed by atoms with E-state index in [2.05, 4.69) is 0 Å². The van der Waals surface area contributed by atoms with Gasteiger partial charge < -0.3 is 5.73 Å². The zero-order valence-electron chi connectivity index (χ0n) is 13.0. The molecule has 0 atom stereocenters. The SMILES string of the molecule is Cc1ccc(S(=O)(=O)N(CCc2ccccc2)CC(N)=O)cc1. The van der Waals surface area contributed by atoms with E-state index >= 15 is 0 Å². The Kier molecular flexibility index (Phi) is 5.52. The first-order chi connectivity index (χ1) is 10.9. The molecule has 5 nitrogen and oxygen atoms in total. The van der Waals surface area contributed by atoms with Crippen LogP contribution < -0.4 is 5.73 Å². The fourth-order valence-electron chi connectivity index (χ4n) is 2.22. The smallest absolute Gasteiger partial charge is 0.243 e. The Bertz CT molecular complexity index is 756. The Morgan fingerprint density at radius 2 is 1.65 bits per heavy atom. The minimum atomic E-state index is -3.75. The van der Waals surface area contributed by atoms with Gasteiger partial charge in [-0.25, -0.2) is 8.42 Å². The van der Waals surface area contributed by atoms with Crippen molar-refractivity contribution < 1.29 is 13.2 Å². The summed E-state index contributed by atoms with van der Waals surface area (Å²) < 4.78 is 26.6. The molecule has 0 aromatic heterocycles. The Morgan fingerprint density at radius 1 is 1.04 bits per heavy atom. The van der Waals surface area contributed by atoms with Crippen LogP contribution >= 0.6 is 0 Å². The average molecular weight is 332 g/mol. The van der Waals surface area contributed by atoms with Crippen molar-refractivity contribution >= 4 is 15.9 Å². The number of rotatable bonds is 7. The molecule has 6 heteroatoms. The highest BCUT2D eigenvalue weighted by molar-refractivity contribution is 7.89. The van der Waals surface area contributed by atoms with E-state index in [0.29, 0.717) is 6.42 Å². The normalized spacial score (nSPS) is 11.6. The highest BCUT2D eigenvalue weighted by atomic mass is 32.2. The largest absolute Gasteiger partial charge is 0.369 e. The summed E-state index contributed by atoms with van der Waals surface area (Å²) in [5.41, 5.74) is 7.18.